The van der Waals surface area contributed by atoms with E-state index < -0.39 is 11.6 Å². The van der Waals surface area contributed by atoms with Crippen LogP contribution < -0.4 is 0 Å². The van der Waals surface area contributed by atoms with Crippen LogP contribution in [0.2, 0.25) is 0 Å². The van der Waals surface area contributed by atoms with Crippen molar-refractivity contribution in [1.82, 2.24) is 9.88 Å². The lowest BCUT2D eigenvalue weighted by atomic mass is 9.86. The predicted octanol–water partition coefficient (Wildman–Crippen LogP) is 6.54. The quantitative estimate of drug-likeness (QED) is 0.392. The number of para-hydroxylation sites is 1. The highest BCUT2D eigenvalue weighted by Gasteiger charge is 2.26. The number of nitrogens with one attached hydrogen (secondary N) is 1. The number of likely N-dealkylation sites (tertiary alicyclic amines) is 1. The Kier molecular flexibility index (Phi) is 5.56. The Morgan fingerprint density at radius 2 is 1.52 bits per heavy atom. The van der Waals surface area contributed by atoms with Gasteiger partial charge in [-0.05, 0) is 67.6 Å². The van der Waals surface area contributed by atoms with Crippen LogP contribution in [0.5, 0.6) is 0 Å². The van der Waals surface area contributed by atoms with E-state index in [-0.39, 0.29) is 0 Å². The second kappa shape index (κ2) is 8.64. The van der Waals surface area contributed by atoms with Gasteiger partial charge in [-0.25, -0.2) is 8.78 Å². The zero-order valence-corrected chi connectivity index (χ0v) is 17.5. The van der Waals surface area contributed by atoms with Crippen molar-refractivity contribution in [3.8, 4) is 11.3 Å². The van der Waals surface area contributed by atoms with Crippen molar-refractivity contribution in [2.75, 3.05) is 19.6 Å². The van der Waals surface area contributed by atoms with Gasteiger partial charge in [0.1, 0.15) is 11.6 Å². The van der Waals surface area contributed by atoms with E-state index in [4.69, 9.17) is 0 Å². The number of rotatable bonds is 5. The average molecular weight is 417 g/mol. The van der Waals surface area contributed by atoms with Crippen molar-refractivity contribution in [3.63, 3.8) is 0 Å². The van der Waals surface area contributed by atoms with Gasteiger partial charge in [0.05, 0.1) is 5.69 Å². The summed E-state index contributed by atoms with van der Waals surface area (Å²) in [4.78, 5) is 5.97. The molecular weight excluding hydrogens is 390 g/mol. The Balaban J connectivity index is 1.39. The molecule has 0 unspecified atom stereocenters. The number of H-pyrrole nitrogens is 1. The number of fused-ring (bicyclic) bond motifs is 1. The minimum absolute atomic E-state index is 0.366. The van der Waals surface area contributed by atoms with Gasteiger partial charge in [-0.15, -0.1) is 0 Å². The highest BCUT2D eigenvalue weighted by molar-refractivity contribution is 5.91. The molecule has 1 saturated heterocycles. The van der Waals surface area contributed by atoms with Crippen molar-refractivity contribution in [2.45, 2.75) is 25.2 Å². The number of hydrogen-bond acceptors (Lipinski definition) is 1. The minimum Gasteiger partial charge on any atom is -0.354 e. The van der Waals surface area contributed by atoms with Crippen LogP contribution in [0.1, 0.15) is 29.9 Å². The summed E-state index contributed by atoms with van der Waals surface area (Å²) in [7, 11) is 0. The average Bonchev–Trinajstić information content (AvgIpc) is 3.18. The monoisotopic (exact) mass is 416 g/mol. The summed E-state index contributed by atoms with van der Waals surface area (Å²) in [5.41, 5.74) is 5.01. The molecule has 1 fully saturated rings. The molecule has 1 aliphatic rings. The molecule has 4 aromatic rings. The van der Waals surface area contributed by atoms with E-state index in [1.165, 1.54) is 23.3 Å². The van der Waals surface area contributed by atoms with E-state index in [9.17, 15) is 8.78 Å². The molecule has 1 aromatic heterocycles. The molecule has 1 N–H and O–H groups in total. The van der Waals surface area contributed by atoms with Crippen LogP contribution in [0.4, 0.5) is 8.78 Å². The fourth-order valence-electron chi connectivity index (χ4n) is 4.89. The lowest BCUT2D eigenvalue weighted by Crippen LogP contribution is -2.34. The summed E-state index contributed by atoms with van der Waals surface area (Å²) in [6.45, 7) is 3.13. The molecule has 0 radical (unpaired) electrons. The summed E-state index contributed by atoms with van der Waals surface area (Å²) in [6, 6.07) is 22.6. The second-order valence-electron chi connectivity index (χ2n) is 8.47. The van der Waals surface area contributed by atoms with Gasteiger partial charge in [-0.3, -0.25) is 0 Å². The molecule has 31 heavy (non-hydrogen) atoms. The third-order valence-corrected chi connectivity index (χ3v) is 6.45. The van der Waals surface area contributed by atoms with E-state index >= 15 is 0 Å². The Labute approximate surface area is 181 Å². The molecular formula is C27H26F2N2. The highest BCUT2D eigenvalue weighted by Crippen LogP contribution is 2.40. The lowest BCUT2D eigenvalue weighted by Gasteiger charge is -2.32. The molecule has 5 rings (SSSR count). The number of aromatic amines is 1. The van der Waals surface area contributed by atoms with Crippen LogP contribution in [-0.2, 0) is 6.42 Å². The molecule has 3 aromatic carbocycles. The van der Waals surface area contributed by atoms with E-state index in [0.29, 0.717) is 11.5 Å². The zero-order chi connectivity index (χ0) is 21.2. The molecule has 0 aliphatic carbocycles. The van der Waals surface area contributed by atoms with Gasteiger partial charge in [0, 0.05) is 29.1 Å². The Hall–Kier alpha value is -2.98. The SMILES string of the molecule is Fc1cc(F)cc(-c2[nH]c3ccccc3c2C2CCN(CCc3ccccc3)CC2)c1. The third-order valence-electron chi connectivity index (χ3n) is 6.45. The highest BCUT2D eigenvalue weighted by atomic mass is 19.1. The molecule has 0 amide bonds. The normalized spacial score (nSPS) is 15.5. The van der Waals surface area contributed by atoms with Crippen molar-refractivity contribution in [2.24, 2.45) is 0 Å². The summed E-state index contributed by atoms with van der Waals surface area (Å²) < 4.78 is 27.9. The smallest absolute Gasteiger partial charge is 0.126 e. The first kappa shape index (κ1) is 20.0. The Morgan fingerprint density at radius 3 is 2.26 bits per heavy atom. The molecule has 2 heterocycles. The first-order chi connectivity index (χ1) is 15.2. The fourth-order valence-corrected chi connectivity index (χ4v) is 4.89. The van der Waals surface area contributed by atoms with Gasteiger partial charge < -0.3 is 9.88 Å². The number of benzene rings is 3. The lowest BCUT2D eigenvalue weighted by molar-refractivity contribution is 0.215. The second-order valence-corrected chi connectivity index (χ2v) is 8.47. The van der Waals surface area contributed by atoms with Crippen LogP contribution in [-0.4, -0.2) is 29.5 Å². The van der Waals surface area contributed by atoms with E-state index in [1.54, 1.807) is 0 Å². The number of aromatic nitrogens is 1. The van der Waals surface area contributed by atoms with Crippen molar-refractivity contribution in [3.05, 3.63) is 95.6 Å². The van der Waals surface area contributed by atoms with E-state index in [0.717, 1.165) is 61.6 Å². The predicted molar refractivity (Wildman–Crippen MR) is 122 cm³/mol. The first-order valence-corrected chi connectivity index (χ1v) is 11.0. The summed E-state index contributed by atoms with van der Waals surface area (Å²) in [5.74, 6) is -0.726. The van der Waals surface area contributed by atoms with Gasteiger partial charge in [-0.2, -0.15) is 0 Å². The van der Waals surface area contributed by atoms with Gasteiger partial charge in [0.25, 0.3) is 0 Å². The number of halogens is 2. The number of hydrogen-bond donors (Lipinski definition) is 1. The molecule has 158 valence electrons. The number of piperidine rings is 1. The molecule has 0 atom stereocenters. The largest absolute Gasteiger partial charge is 0.354 e. The Morgan fingerprint density at radius 1 is 0.839 bits per heavy atom. The van der Waals surface area contributed by atoms with Crippen LogP contribution in [0, 0.1) is 11.6 Å². The van der Waals surface area contributed by atoms with Crippen LogP contribution in [0.25, 0.3) is 22.2 Å². The van der Waals surface area contributed by atoms with Gasteiger partial charge in [-0.1, -0.05) is 48.5 Å². The molecule has 1 aliphatic heterocycles. The van der Waals surface area contributed by atoms with Crippen LogP contribution in [0.15, 0.2) is 72.8 Å². The summed E-state index contributed by atoms with van der Waals surface area (Å²) >= 11 is 0. The maximum atomic E-state index is 14.0. The van der Waals surface area contributed by atoms with Crippen LogP contribution >= 0.6 is 0 Å². The zero-order valence-electron chi connectivity index (χ0n) is 17.5. The minimum atomic E-state index is -0.546. The topological polar surface area (TPSA) is 19.0 Å². The summed E-state index contributed by atoms with van der Waals surface area (Å²) in [6.07, 6.45) is 3.15. The maximum absolute atomic E-state index is 14.0. The Bertz CT molecular complexity index is 1150. The molecule has 0 bridgehead atoms. The standard InChI is InChI=1S/C27H26F2N2/c28-22-16-21(17-23(29)18-22)27-26(24-8-4-5-9-25(24)30-27)20-11-14-31(15-12-20)13-10-19-6-2-1-3-7-19/h1-9,16-18,20,30H,10-15H2. The molecule has 2 nitrogen and oxygen atoms in total. The van der Waals surface area contributed by atoms with Gasteiger partial charge in [0.2, 0.25) is 0 Å². The van der Waals surface area contributed by atoms with Crippen LogP contribution in [0.3, 0.4) is 0 Å². The fraction of sp³-hybridized carbons (Fsp3) is 0.259. The van der Waals surface area contributed by atoms with E-state index in [1.807, 2.05) is 18.2 Å². The molecule has 0 spiro atoms. The number of nitrogens with zero attached hydrogens (tertiary/aromatic N) is 1. The van der Waals surface area contributed by atoms with Gasteiger partial charge in [0.15, 0.2) is 0 Å². The maximum Gasteiger partial charge on any atom is 0.126 e. The van der Waals surface area contributed by atoms with E-state index in [2.05, 4.69) is 46.3 Å². The van der Waals surface area contributed by atoms with Crippen molar-refractivity contribution in [1.29, 1.82) is 0 Å². The first-order valence-electron chi connectivity index (χ1n) is 11.0. The van der Waals surface area contributed by atoms with Gasteiger partial charge >= 0.3 is 0 Å². The third kappa shape index (κ3) is 4.26. The van der Waals surface area contributed by atoms with Crippen molar-refractivity contribution < 1.29 is 8.78 Å². The molecule has 0 saturated carbocycles. The summed E-state index contributed by atoms with van der Waals surface area (Å²) in [5, 5.41) is 1.16. The van der Waals surface area contributed by atoms with Crippen molar-refractivity contribution >= 4 is 10.9 Å². The molecule has 4 heteroatoms.